The van der Waals surface area contributed by atoms with Gasteiger partial charge < -0.3 is 28.6 Å². The van der Waals surface area contributed by atoms with E-state index in [0.29, 0.717) is 34.4 Å². The Bertz CT molecular complexity index is 1390. The van der Waals surface area contributed by atoms with Crippen LogP contribution in [0.2, 0.25) is 0 Å². The highest BCUT2D eigenvalue weighted by Gasteiger charge is 2.46. The van der Waals surface area contributed by atoms with Crippen LogP contribution in [0.4, 0.5) is 17.1 Å². The molecule has 0 bridgehead atoms. The summed E-state index contributed by atoms with van der Waals surface area (Å²) in [7, 11) is 8.91. The zero-order valence-electron chi connectivity index (χ0n) is 21.9. The minimum absolute atomic E-state index is 0.138. The first-order valence-corrected chi connectivity index (χ1v) is 11.6. The number of nitrogens with zero attached hydrogens (tertiary/aromatic N) is 2. The Hall–Kier alpha value is -4.73. The number of fused-ring (bicyclic) bond motifs is 1. The Morgan fingerprint density at radius 1 is 0.737 bits per heavy atom. The third-order valence-corrected chi connectivity index (χ3v) is 6.40. The first kappa shape index (κ1) is 26.3. The number of anilines is 3. The second-order valence-corrected chi connectivity index (χ2v) is 8.33. The van der Waals surface area contributed by atoms with E-state index in [0.717, 1.165) is 0 Å². The molecule has 38 heavy (non-hydrogen) atoms. The summed E-state index contributed by atoms with van der Waals surface area (Å²) in [5.74, 6) is -1.65. The van der Waals surface area contributed by atoms with Crippen LogP contribution >= 0.6 is 0 Å². The number of Topliss-reactive ketones (excluding diaryl/α,β-unsaturated/α-hetero) is 1. The van der Waals surface area contributed by atoms with Gasteiger partial charge in [0.2, 0.25) is 5.91 Å². The largest absolute Gasteiger partial charge is 0.497 e. The number of methoxy groups -OCH3 is 5. The van der Waals surface area contributed by atoms with Crippen LogP contribution in [0.5, 0.6) is 28.7 Å². The van der Waals surface area contributed by atoms with Crippen molar-refractivity contribution in [3.8, 4) is 28.7 Å². The molecule has 0 saturated heterocycles. The highest BCUT2D eigenvalue weighted by atomic mass is 16.5. The van der Waals surface area contributed by atoms with Crippen molar-refractivity contribution in [2.75, 3.05) is 52.4 Å². The highest BCUT2D eigenvalue weighted by molar-refractivity contribution is 6.34. The Labute approximate surface area is 220 Å². The minimum atomic E-state index is -1.64. The molecule has 0 saturated carbocycles. The first-order chi connectivity index (χ1) is 18.3. The molecule has 0 radical (unpaired) electrons. The normalized spacial score (nSPS) is 14.5. The van der Waals surface area contributed by atoms with Crippen molar-refractivity contribution < 1.29 is 38.1 Å². The van der Waals surface area contributed by atoms with Crippen LogP contribution in [0.25, 0.3) is 0 Å². The lowest BCUT2D eigenvalue weighted by Gasteiger charge is -2.34. The van der Waals surface area contributed by atoms with Gasteiger partial charge >= 0.3 is 0 Å². The second-order valence-electron chi connectivity index (χ2n) is 8.33. The highest BCUT2D eigenvalue weighted by Crippen LogP contribution is 2.44. The third-order valence-electron chi connectivity index (χ3n) is 6.40. The van der Waals surface area contributed by atoms with Crippen molar-refractivity contribution >= 4 is 34.7 Å². The molecule has 0 spiro atoms. The quantitative estimate of drug-likeness (QED) is 0.413. The Morgan fingerprint density at radius 3 is 1.89 bits per heavy atom. The summed E-state index contributed by atoms with van der Waals surface area (Å²) in [6, 6.07) is 14.6. The fourth-order valence-electron chi connectivity index (χ4n) is 4.34. The smallest absolute Gasteiger partial charge is 0.252 e. The maximum absolute atomic E-state index is 14.0. The SMILES string of the molecule is COc1ccc(N(C)C(=O)C2C(=O)c3cc(OC)c(OC)cc3N(c3ccc(OC)c(OC)c3)C2=O)cc1. The Kier molecular flexibility index (Phi) is 7.43. The Balaban J connectivity index is 1.86. The molecule has 0 N–H and O–H groups in total. The summed E-state index contributed by atoms with van der Waals surface area (Å²) in [5.41, 5.74) is 1.25. The minimum Gasteiger partial charge on any atom is -0.497 e. The fraction of sp³-hybridized carbons (Fsp3) is 0.250. The molecule has 3 aromatic carbocycles. The lowest BCUT2D eigenvalue weighted by molar-refractivity contribution is -0.129. The van der Waals surface area contributed by atoms with Crippen molar-refractivity contribution in [1.29, 1.82) is 0 Å². The average molecular weight is 521 g/mol. The molecule has 0 aromatic heterocycles. The molecule has 1 aliphatic rings. The lowest BCUT2D eigenvalue weighted by atomic mass is 9.88. The van der Waals surface area contributed by atoms with Crippen LogP contribution < -0.4 is 33.5 Å². The molecule has 2 amide bonds. The van der Waals surface area contributed by atoms with Gasteiger partial charge in [-0.3, -0.25) is 19.3 Å². The number of benzene rings is 3. The zero-order valence-corrected chi connectivity index (χ0v) is 21.9. The van der Waals surface area contributed by atoms with Crippen LogP contribution in [0.15, 0.2) is 54.6 Å². The molecule has 4 rings (SSSR count). The summed E-state index contributed by atoms with van der Waals surface area (Å²) >= 11 is 0. The summed E-state index contributed by atoms with van der Waals surface area (Å²) in [5, 5.41) is 0. The van der Waals surface area contributed by atoms with E-state index in [1.165, 1.54) is 64.5 Å². The summed E-state index contributed by atoms with van der Waals surface area (Å²) < 4.78 is 26.7. The molecule has 10 nitrogen and oxygen atoms in total. The number of rotatable bonds is 8. The molecule has 1 heterocycles. The number of hydrogen-bond donors (Lipinski definition) is 0. The number of ketones is 1. The van der Waals surface area contributed by atoms with E-state index < -0.39 is 23.5 Å². The number of amides is 2. The predicted molar refractivity (Wildman–Crippen MR) is 140 cm³/mol. The van der Waals surface area contributed by atoms with E-state index in [1.54, 1.807) is 42.5 Å². The van der Waals surface area contributed by atoms with E-state index >= 15 is 0 Å². The number of carbonyl (C=O) groups is 3. The van der Waals surface area contributed by atoms with E-state index in [-0.39, 0.29) is 17.0 Å². The van der Waals surface area contributed by atoms with E-state index in [9.17, 15) is 14.4 Å². The number of ether oxygens (including phenoxy) is 5. The van der Waals surface area contributed by atoms with Gasteiger partial charge in [-0.05, 0) is 42.5 Å². The van der Waals surface area contributed by atoms with Gasteiger partial charge in [-0.15, -0.1) is 0 Å². The van der Waals surface area contributed by atoms with Gasteiger partial charge in [0.05, 0.1) is 46.9 Å². The third kappa shape index (κ3) is 4.45. The molecule has 0 aliphatic carbocycles. The number of carbonyl (C=O) groups excluding carboxylic acids is 3. The zero-order chi connectivity index (χ0) is 27.6. The maximum Gasteiger partial charge on any atom is 0.252 e. The standard InChI is InChI=1S/C28H28N2O8/c1-29(16-7-10-18(34-2)11-8-16)27(32)25-26(31)19-14-23(37-5)24(38-6)15-20(19)30(28(25)33)17-9-12-21(35-3)22(13-17)36-4/h7-15,25H,1-6H3. The molecular formula is C28H28N2O8. The lowest BCUT2D eigenvalue weighted by Crippen LogP contribution is -2.50. The molecule has 0 fully saturated rings. The molecule has 3 aromatic rings. The van der Waals surface area contributed by atoms with Crippen molar-refractivity contribution in [2.45, 2.75) is 0 Å². The van der Waals surface area contributed by atoms with Crippen molar-refractivity contribution in [1.82, 2.24) is 0 Å². The topological polar surface area (TPSA) is 104 Å². The van der Waals surface area contributed by atoms with Crippen LogP contribution in [0, 0.1) is 5.92 Å². The fourth-order valence-corrected chi connectivity index (χ4v) is 4.34. The summed E-state index contributed by atoms with van der Waals surface area (Å²) in [6.45, 7) is 0. The van der Waals surface area contributed by atoms with Gasteiger partial charge in [0.1, 0.15) is 5.75 Å². The molecule has 1 unspecified atom stereocenters. The molecule has 10 heteroatoms. The van der Waals surface area contributed by atoms with Crippen molar-refractivity contribution in [2.24, 2.45) is 5.92 Å². The van der Waals surface area contributed by atoms with E-state index in [1.807, 2.05) is 0 Å². The van der Waals surface area contributed by atoms with E-state index in [2.05, 4.69) is 0 Å². The summed E-state index contributed by atoms with van der Waals surface area (Å²) in [6.07, 6.45) is 0. The van der Waals surface area contributed by atoms with Crippen molar-refractivity contribution in [3.63, 3.8) is 0 Å². The number of hydrogen-bond acceptors (Lipinski definition) is 8. The van der Waals surface area contributed by atoms with Crippen molar-refractivity contribution in [3.05, 3.63) is 60.2 Å². The summed E-state index contributed by atoms with van der Waals surface area (Å²) in [4.78, 5) is 44.0. The van der Waals surface area contributed by atoms with Gasteiger partial charge in [-0.25, -0.2) is 0 Å². The molecule has 1 aliphatic heterocycles. The average Bonchev–Trinajstić information content (AvgIpc) is 2.95. The van der Waals surface area contributed by atoms with Gasteiger partial charge in [-0.2, -0.15) is 0 Å². The van der Waals surface area contributed by atoms with Gasteiger partial charge in [0.25, 0.3) is 5.91 Å². The van der Waals surface area contributed by atoms with Gasteiger partial charge in [0.15, 0.2) is 34.7 Å². The first-order valence-electron chi connectivity index (χ1n) is 11.6. The second kappa shape index (κ2) is 10.7. The predicted octanol–water partition coefficient (Wildman–Crippen LogP) is 3.87. The Morgan fingerprint density at radius 2 is 1.32 bits per heavy atom. The van der Waals surface area contributed by atoms with Crippen LogP contribution in [0.1, 0.15) is 10.4 Å². The van der Waals surface area contributed by atoms with E-state index in [4.69, 9.17) is 23.7 Å². The van der Waals surface area contributed by atoms with Crippen LogP contribution in [-0.4, -0.2) is 60.2 Å². The van der Waals surface area contributed by atoms with Crippen LogP contribution in [-0.2, 0) is 9.59 Å². The molecule has 198 valence electrons. The molecule has 1 atom stereocenters. The van der Waals surface area contributed by atoms with Gasteiger partial charge in [0, 0.05) is 30.4 Å². The monoisotopic (exact) mass is 520 g/mol. The van der Waals surface area contributed by atoms with Gasteiger partial charge in [-0.1, -0.05) is 0 Å². The van der Waals surface area contributed by atoms with Crippen LogP contribution in [0.3, 0.4) is 0 Å². The maximum atomic E-state index is 14.0. The molecular weight excluding hydrogens is 492 g/mol.